The van der Waals surface area contributed by atoms with Crippen LogP contribution in [0.2, 0.25) is 0 Å². The first kappa shape index (κ1) is 12.3. The predicted molar refractivity (Wildman–Crippen MR) is 75.4 cm³/mol. The van der Waals surface area contributed by atoms with Gasteiger partial charge in [-0.1, -0.05) is 19.9 Å². The first-order valence-electron chi connectivity index (χ1n) is 6.70. The molecule has 0 bridgehead atoms. The van der Waals surface area contributed by atoms with Crippen LogP contribution in [0.25, 0.3) is 0 Å². The molecule has 0 unspecified atom stereocenters. The fourth-order valence-corrected chi connectivity index (χ4v) is 2.11. The van der Waals surface area contributed by atoms with Crippen LogP contribution < -0.4 is 10.6 Å². The van der Waals surface area contributed by atoms with E-state index in [1.165, 1.54) is 30.5 Å². The highest BCUT2D eigenvalue weighted by atomic mass is 15.2. The van der Waals surface area contributed by atoms with E-state index in [0.29, 0.717) is 0 Å². The Morgan fingerprint density at radius 2 is 2.06 bits per heavy atom. The van der Waals surface area contributed by atoms with Gasteiger partial charge in [0.1, 0.15) is 0 Å². The average Bonchev–Trinajstić information content (AvgIpc) is 3.07. The van der Waals surface area contributed by atoms with Gasteiger partial charge in [0.2, 0.25) is 0 Å². The summed E-state index contributed by atoms with van der Waals surface area (Å²) in [6.07, 6.45) is 3.93. The summed E-state index contributed by atoms with van der Waals surface area (Å²) in [7, 11) is 0. The van der Waals surface area contributed by atoms with Crippen molar-refractivity contribution in [3.05, 3.63) is 23.8 Å². The third-order valence-electron chi connectivity index (χ3n) is 3.53. The summed E-state index contributed by atoms with van der Waals surface area (Å²) in [5.74, 6) is 0.763. The van der Waals surface area contributed by atoms with Gasteiger partial charge < -0.3 is 10.6 Å². The Kier molecular flexibility index (Phi) is 3.60. The van der Waals surface area contributed by atoms with Crippen molar-refractivity contribution in [3.8, 4) is 0 Å². The van der Waals surface area contributed by atoms with Gasteiger partial charge in [0.05, 0.1) is 0 Å². The number of aryl methyl sites for hydroxylation is 1. The number of hydrogen-bond donors (Lipinski definition) is 1. The van der Waals surface area contributed by atoms with Gasteiger partial charge in [0, 0.05) is 24.0 Å². The Balaban J connectivity index is 2.11. The molecule has 0 radical (unpaired) electrons. The fourth-order valence-electron chi connectivity index (χ4n) is 2.11. The van der Waals surface area contributed by atoms with E-state index in [-0.39, 0.29) is 0 Å². The molecule has 0 atom stereocenters. The van der Waals surface area contributed by atoms with E-state index >= 15 is 0 Å². The zero-order chi connectivity index (χ0) is 12.4. The maximum atomic E-state index is 6.01. The topological polar surface area (TPSA) is 29.3 Å². The van der Waals surface area contributed by atoms with Crippen LogP contribution in [-0.4, -0.2) is 12.6 Å². The molecule has 2 N–H and O–H groups in total. The largest absolute Gasteiger partial charge is 0.398 e. The lowest BCUT2D eigenvalue weighted by molar-refractivity contribution is 0.571. The van der Waals surface area contributed by atoms with Crippen molar-refractivity contribution in [2.75, 3.05) is 17.2 Å². The lowest BCUT2D eigenvalue weighted by Crippen LogP contribution is -2.27. The molecule has 0 spiro atoms. The van der Waals surface area contributed by atoms with E-state index in [1.54, 1.807) is 0 Å². The highest BCUT2D eigenvalue weighted by Gasteiger charge is 2.29. The first-order valence-corrected chi connectivity index (χ1v) is 6.70. The molecule has 94 valence electrons. The van der Waals surface area contributed by atoms with Gasteiger partial charge in [-0.15, -0.1) is 0 Å². The third-order valence-corrected chi connectivity index (χ3v) is 3.53. The second-order valence-electron chi connectivity index (χ2n) is 5.65. The minimum absolute atomic E-state index is 0.760. The number of nitrogens with zero attached hydrogens (tertiary/aromatic N) is 1. The van der Waals surface area contributed by atoms with Crippen molar-refractivity contribution < 1.29 is 0 Å². The molecule has 0 amide bonds. The van der Waals surface area contributed by atoms with Crippen molar-refractivity contribution in [1.29, 1.82) is 0 Å². The van der Waals surface area contributed by atoms with Crippen LogP contribution in [-0.2, 0) is 0 Å². The standard InChI is InChI=1S/C15H24N2/c1-11(2)8-9-17(13-6-7-13)14-5-4-12(3)15(16)10-14/h4-5,10-11,13H,6-9,16H2,1-3H3. The van der Waals surface area contributed by atoms with Crippen LogP contribution in [0.4, 0.5) is 11.4 Å². The Labute approximate surface area is 105 Å². The van der Waals surface area contributed by atoms with Crippen LogP contribution in [0.1, 0.15) is 38.7 Å². The highest BCUT2D eigenvalue weighted by Crippen LogP contribution is 2.33. The number of nitrogens with two attached hydrogens (primary N) is 1. The summed E-state index contributed by atoms with van der Waals surface area (Å²) < 4.78 is 0. The van der Waals surface area contributed by atoms with Gasteiger partial charge >= 0.3 is 0 Å². The van der Waals surface area contributed by atoms with E-state index in [0.717, 1.165) is 24.2 Å². The maximum Gasteiger partial charge on any atom is 0.0389 e. The number of benzene rings is 1. The van der Waals surface area contributed by atoms with E-state index in [1.807, 2.05) is 0 Å². The van der Waals surface area contributed by atoms with Crippen LogP contribution in [0.3, 0.4) is 0 Å². The van der Waals surface area contributed by atoms with E-state index in [4.69, 9.17) is 5.73 Å². The third kappa shape index (κ3) is 3.15. The summed E-state index contributed by atoms with van der Waals surface area (Å²) in [4.78, 5) is 2.54. The summed E-state index contributed by atoms with van der Waals surface area (Å²) >= 11 is 0. The van der Waals surface area contributed by atoms with Crippen LogP contribution >= 0.6 is 0 Å². The number of nitrogen functional groups attached to an aromatic ring is 1. The molecule has 2 heteroatoms. The van der Waals surface area contributed by atoms with Gasteiger partial charge in [0.25, 0.3) is 0 Å². The lowest BCUT2D eigenvalue weighted by Gasteiger charge is -2.26. The summed E-state index contributed by atoms with van der Waals surface area (Å²) in [6, 6.07) is 7.24. The Morgan fingerprint density at radius 3 is 2.59 bits per heavy atom. The molecule has 1 aromatic carbocycles. The van der Waals surface area contributed by atoms with Crippen LogP contribution in [0.15, 0.2) is 18.2 Å². The van der Waals surface area contributed by atoms with Crippen molar-refractivity contribution in [1.82, 2.24) is 0 Å². The second-order valence-corrected chi connectivity index (χ2v) is 5.65. The minimum Gasteiger partial charge on any atom is -0.398 e. The molecule has 1 aromatic rings. The molecule has 1 aliphatic carbocycles. The Morgan fingerprint density at radius 1 is 1.35 bits per heavy atom. The SMILES string of the molecule is Cc1ccc(N(CCC(C)C)C2CC2)cc1N. The van der Waals surface area contributed by atoms with Crippen molar-refractivity contribution in [2.24, 2.45) is 5.92 Å². The fraction of sp³-hybridized carbons (Fsp3) is 0.600. The summed E-state index contributed by atoms with van der Waals surface area (Å²) in [5, 5.41) is 0. The average molecular weight is 232 g/mol. The number of hydrogen-bond acceptors (Lipinski definition) is 2. The molecule has 0 aliphatic heterocycles. The molecule has 0 saturated heterocycles. The van der Waals surface area contributed by atoms with Crippen molar-refractivity contribution in [3.63, 3.8) is 0 Å². The quantitative estimate of drug-likeness (QED) is 0.786. The first-order chi connectivity index (χ1) is 8.08. The molecule has 2 nitrogen and oxygen atoms in total. The van der Waals surface area contributed by atoms with Gasteiger partial charge in [-0.3, -0.25) is 0 Å². The van der Waals surface area contributed by atoms with E-state index in [2.05, 4.69) is 43.9 Å². The molecule has 1 aliphatic rings. The Hall–Kier alpha value is -1.18. The van der Waals surface area contributed by atoms with Crippen molar-refractivity contribution >= 4 is 11.4 Å². The van der Waals surface area contributed by atoms with Gasteiger partial charge in [-0.2, -0.15) is 0 Å². The zero-order valence-electron chi connectivity index (χ0n) is 11.2. The van der Waals surface area contributed by atoms with Gasteiger partial charge in [-0.05, 0) is 49.8 Å². The van der Waals surface area contributed by atoms with Crippen LogP contribution in [0.5, 0.6) is 0 Å². The predicted octanol–water partition coefficient (Wildman–Crippen LogP) is 3.59. The molecule has 0 aromatic heterocycles. The molecular weight excluding hydrogens is 208 g/mol. The van der Waals surface area contributed by atoms with E-state index in [9.17, 15) is 0 Å². The Bertz CT molecular complexity index is 381. The van der Waals surface area contributed by atoms with Crippen molar-refractivity contribution in [2.45, 2.75) is 46.1 Å². The molecule has 0 heterocycles. The second kappa shape index (κ2) is 4.99. The monoisotopic (exact) mass is 232 g/mol. The maximum absolute atomic E-state index is 6.01. The zero-order valence-corrected chi connectivity index (χ0v) is 11.2. The number of rotatable bonds is 5. The van der Waals surface area contributed by atoms with Crippen LogP contribution in [0, 0.1) is 12.8 Å². The highest BCUT2D eigenvalue weighted by molar-refractivity contribution is 5.60. The normalized spacial score (nSPS) is 15.3. The minimum atomic E-state index is 0.760. The van der Waals surface area contributed by atoms with Gasteiger partial charge in [0.15, 0.2) is 0 Å². The summed E-state index contributed by atoms with van der Waals surface area (Å²) in [5.41, 5.74) is 9.40. The molecule has 2 rings (SSSR count). The molecular formula is C15H24N2. The van der Waals surface area contributed by atoms with Gasteiger partial charge in [-0.25, -0.2) is 0 Å². The smallest absolute Gasteiger partial charge is 0.0389 e. The molecule has 17 heavy (non-hydrogen) atoms. The summed E-state index contributed by atoms with van der Waals surface area (Å²) in [6.45, 7) is 7.79. The lowest BCUT2D eigenvalue weighted by atomic mass is 10.1. The van der Waals surface area contributed by atoms with E-state index < -0.39 is 0 Å². The number of anilines is 2. The molecule has 1 saturated carbocycles. The molecule has 1 fully saturated rings.